The van der Waals surface area contributed by atoms with Crippen LogP contribution in [-0.4, -0.2) is 80.4 Å². The summed E-state index contributed by atoms with van der Waals surface area (Å²) in [6, 6.07) is 14.5. The number of methoxy groups -OCH3 is 1. The summed E-state index contributed by atoms with van der Waals surface area (Å²) < 4.78 is 4.92. The van der Waals surface area contributed by atoms with Crippen molar-refractivity contribution in [1.29, 1.82) is 0 Å². The van der Waals surface area contributed by atoms with Gasteiger partial charge in [0.15, 0.2) is 0 Å². The van der Waals surface area contributed by atoms with Crippen molar-refractivity contribution in [2.75, 3.05) is 58.7 Å². The number of carbonyl (C=O) groups excluding carboxylic acids is 2. The van der Waals surface area contributed by atoms with Gasteiger partial charge in [-0.15, -0.1) is 11.8 Å². The number of fused-ring (bicyclic) bond motifs is 1. The molecule has 1 N–H and O–H groups in total. The third-order valence-corrected chi connectivity index (χ3v) is 5.78. The Balaban J connectivity index is 1.40. The lowest BCUT2D eigenvalue weighted by molar-refractivity contribution is -0.130. The van der Waals surface area contributed by atoms with Crippen LogP contribution in [0.25, 0.3) is 10.8 Å². The zero-order chi connectivity index (χ0) is 19.8. The average molecular weight is 402 g/mol. The van der Waals surface area contributed by atoms with E-state index in [-0.39, 0.29) is 11.8 Å². The highest BCUT2D eigenvalue weighted by Crippen LogP contribution is 2.24. The molecule has 0 unspecified atom stereocenters. The molecule has 1 fully saturated rings. The third-order valence-electron chi connectivity index (χ3n) is 4.80. The molecule has 0 bridgehead atoms. The van der Waals surface area contributed by atoms with E-state index in [9.17, 15) is 9.59 Å². The van der Waals surface area contributed by atoms with Crippen LogP contribution < -0.4 is 5.32 Å². The highest BCUT2D eigenvalue weighted by molar-refractivity contribution is 8.00. The first-order valence-electron chi connectivity index (χ1n) is 9.53. The minimum absolute atomic E-state index is 0.00341. The molecule has 1 aliphatic heterocycles. The fourth-order valence-electron chi connectivity index (χ4n) is 3.20. The summed E-state index contributed by atoms with van der Waals surface area (Å²) in [7, 11) is 1.61. The number of nitrogens with one attached hydrogen (secondary N) is 1. The predicted octanol–water partition coefficient (Wildman–Crippen LogP) is 1.84. The molecule has 1 aliphatic rings. The van der Waals surface area contributed by atoms with E-state index in [1.807, 2.05) is 17.0 Å². The van der Waals surface area contributed by atoms with Gasteiger partial charge in [0, 0.05) is 44.7 Å². The van der Waals surface area contributed by atoms with Crippen molar-refractivity contribution in [2.24, 2.45) is 0 Å². The first-order chi connectivity index (χ1) is 13.7. The van der Waals surface area contributed by atoms with Crippen molar-refractivity contribution in [3.8, 4) is 0 Å². The van der Waals surface area contributed by atoms with Crippen LogP contribution in [0.5, 0.6) is 0 Å². The topological polar surface area (TPSA) is 61.9 Å². The molecule has 7 heteroatoms. The van der Waals surface area contributed by atoms with Crippen molar-refractivity contribution in [3.05, 3.63) is 42.5 Å². The Morgan fingerprint density at radius 1 is 1.07 bits per heavy atom. The van der Waals surface area contributed by atoms with E-state index in [2.05, 4.69) is 40.5 Å². The molecular weight excluding hydrogens is 374 g/mol. The van der Waals surface area contributed by atoms with E-state index in [0.717, 1.165) is 18.0 Å². The number of hydrogen-bond acceptors (Lipinski definition) is 5. The largest absolute Gasteiger partial charge is 0.383 e. The monoisotopic (exact) mass is 401 g/mol. The molecule has 3 rings (SSSR count). The fraction of sp³-hybridized carbons (Fsp3) is 0.429. The molecule has 0 saturated carbocycles. The third kappa shape index (κ3) is 5.95. The molecule has 0 aromatic heterocycles. The van der Waals surface area contributed by atoms with Gasteiger partial charge in [0.2, 0.25) is 11.8 Å². The fourth-order valence-corrected chi connectivity index (χ4v) is 4.05. The van der Waals surface area contributed by atoms with Crippen molar-refractivity contribution in [3.63, 3.8) is 0 Å². The van der Waals surface area contributed by atoms with Gasteiger partial charge >= 0.3 is 0 Å². The second kappa shape index (κ2) is 10.5. The van der Waals surface area contributed by atoms with Crippen LogP contribution in [0.3, 0.4) is 0 Å². The van der Waals surface area contributed by atoms with E-state index in [1.54, 1.807) is 18.9 Å². The maximum Gasteiger partial charge on any atom is 0.234 e. The van der Waals surface area contributed by atoms with Crippen LogP contribution in [0, 0.1) is 0 Å². The van der Waals surface area contributed by atoms with Gasteiger partial charge in [-0.25, -0.2) is 0 Å². The first kappa shape index (κ1) is 20.6. The smallest absolute Gasteiger partial charge is 0.234 e. The van der Waals surface area contributed by atoms with E-state index in [1.165, 1.54) is 10.8 Å². The van der Waals surface area contributed by atoms with Gasteiger partial charge in [0.1, 0.15) is 0 Å². The van der Waals surface area contributed by atoms with Crippen LogP contribution in [0.2, 0.25) is 0 Å². The number of piperazine rings is 1. The van der Waals surface area contributed by atoms with Crippen LogP contribution >= 0.6 is 11.8 Å². The Kier molecular flexibility index (Phi) is 7.71. The van der Waals surface area contributed by atoms with Crippen LogP contribution in [0.15, 0.2) is 47.4 Å². The van der Waals surface area contributed by atoms with E-state index >= 15 is 0 Å². The molecule has 150 valence electrons. The van der Waals surface area contributed by atoms with Gasteiger partial charge in [-0.2, -0.15) is 0 Å². The maximum absolute atomic E-state index is 12.5. The van der Waals surface area contributed by atoms with Crippen molar-refractivity contribution in [1.82, 2.24) is 15.1 Å². The second-order valence-electron chi connectivity index (χ2n) is 6.80. The average Bonchev–Trinajstić information content (AvgIpc) is 2.72. The summed E-state index contributed by atoms with van der Waals surface area (Å²) in [5, 5.41) is 5.23. The molecule has 2 aromatic carbocycles. The number of nitrogens with zero attached hydrogens (tertiary/aromatic N) is 2. The molecule has 0 radical (unpaired) electrons. The molecule has 1 heterocycles. The molecule has 0 spiro atoms. The molecule has 6 nitrogen and oxygen atoms in total. The zero-order valence-corrected chi connectivity index (χ0v) is 17.0. The predicted molar refractivity (Wildman–Crippen MR) is 113 cm³/mol. The molecule has 2 aromatic rings. The number of amides is 2. The summed E-state index contributed by atoms with van der Waals surface area (Å²) in [6.07, 6.45) is 0. The van der Waals surface area contributed by atoms with Gasteiger partial charge < -0.3 is 15.0 Å². The Morgan fingerprint density at radius 2 is 1.82 bits per heavy atom. The van der Waals surface area contributed by atoms with Gasteiger partial charge in [0.05, 0.1) is 18.9 Å². The number of rotatable bonds is 8. The summed E-state index contributed by atoms with van der Waals surface area (Å²) in [5.74, 6) is 0.599. The lowest BCUT2D eigenvalue weighted by atomic mass is 10.1. The van der Waals surface area contributed by atoms with Gasteiger partial charge in [0.25, 0.3) is 0 Å². The molecule has 28 heavy (non-hydrogen) atoms. The highest BCUT2D eigenvalue weighted by Gasteiger charge is 2.22. The van der Waals surface area contributed by atoms with Crippen molar-refractivity contribution in [2.45, 2.75) is 4.90 Å². The summed E-state index contributed by atoms with van der Waals surface area (Å²) >= 11 is 1.58. The van der Waals surface area contributed by atoms with E-state index in [4.69, 9.17) is 4.74 Å². The molecule has 0 aliphatic carbocycles. The lowest BCUT2D eigenvalue weighted by Gasteiger charge is -2.34. The van der Waals surface area contributed by atoms with Crippen molar-refractivity contribution >= 4 is 34.3 Å². The number of benzene rings is 2. The van der Waals surface area contributed by atoms with Crippen LogP contribution in [0.4, 0.5) is 0 Å². The Hall–Kier alpha value is -2.09. The summed E-state index contributed by atoms with van der Waals surface area (Å²) in [4.78, 5) is 29.5. The molecular formula is C21H27N3O3S. The van der Waals surface area contributed by atoms with Crippen LogP contribution in [-0.2, 0) is 14.3 Å². The van der Waals surface area contributed by atoms with Gasteiger partial charge in [-0.3, -0.25) is 14.5 Å². The lowest BCUT2D eigenvalue weighted by Crippen LogP contribution is -2.51. The molecule has 0 atom stereocenters. The SMILES string of the molecule is COCCNC(=O)CN1CCN(C(=O)CSc2ccc3ccccc3c2)CC1. The van der Waals surface area contributed by atoms with Crippen LogP contribution in [0.1, 0.15) is 0 Å². The minimum Gasteiger partial charge on any atom is -0.383 e. The second-order valence-corrected chi connectivity index (χ2v) is 7.85. The molecule has 1 saturated heterocycles. The minimum atomic E-state index is 0.00341. The highest BCUT2D eigenvalue weighted by atomic mass is 32.2. The first-order valence-corrected chi connectivity index (χ1v) is 10.5. The summed E-state index contributed by atoms with van der Waals surface area (Å²) in [5.41, 5.74) is 0. The number of thioether (sulfide) groups is 1. The Morgan fingerprint density at radius 3 is 2.57 bits per heavy atom. The Bertz CT molecular complexity index is 806. The maximum atomic E-state index is 12.5. The van der Waals surface area contributed by atoms with E-state index < -0.39 is 0 Å². The Labute approximate surface area is 170 Å². The van der Waals surface area contributed by atoms with Crippen molar-refractivity contribution < 1.29 is 14.3 Å². The van der Waals surface area contributed by atoms with E-state index in [0.29, 0.717) is 38.5 Å². The number of hydrogen-bond donors (Lipinski definition) is 1. The number of carbonyl (C=O) groups is 2. The van der Waals surface area contributed by atoms with Gasteiger partial charge in [-0.1, -0.05) is 30.3 Å². The number of ether oxygens (including phenoxy) is 1. The normalized spacial score (nSPS) is 15.0. The molecule has 2 amide bonds. The standard InChI is InChI=1S/C21H27N3O3S/c1-27-13-8-22-20(25)15-23-9-11-24(12-10-23)21(26)16-28-19-7-6-17-4-2-3-5-18(17)14-19/h2-7,14H,8-13,15-16H2,1H3,(H,22,25). The van der Waals surface area contributed by atoms with Gasteiger partial charge in [-0.05, 0) is 22.9 Å². The quantitative estimate of drug-likeness (QED) is 0.540. The summed E-state index contributed by atoms with van der Waals surface area (Å²) in [6.45, 7) is 4.21. The zero-order valence-electron chi connectivity index (χ0n) is 16.2.